The molecule has 0 spiro atoms. The topological polar surface area (TPSA) is 58.6 Å². The summed E-state index contributed by atoms with van der Waals surface area (Å²) in [5.41, 5.74) is 2.35. The molecule has 100 valence electrons. The normalized spacial score (nSPS) is 12.2. The number of hydrogen-bond acceptors (Lipinski definition) is 3. The van der Waals surface area contributed by atoms with E-state index in [4.69, 9.17) is 9.84 Å². The summed E-state index contributed by atoms with van der Waals surface area (Å²) >= 11 is 0. The third-order valence-corrected chi connectivity index (χ3v) is 2.68. The molecule has 1 atom stereocenters. The van der Waals surface area contributed by atoms with Gasteiger partial charge in [-0.15, -0.1) is 0 Å². The molecule has 18 heavy (non-hydrogen) atoms. The first-order valence-corrected chi connectivity index (χ1v) is 6.10. The smallest absolute Gasteiger partial charge is 0.220 e. The van der Waals surface area contributed by atoms with Gasteiger partial charge in [-0.05, 0) is 18.9 Å². The van der Waals surface area contributed by atoms with Gasteiger partial charge in [-0.1, -0.05) is 29.8 Å². The molecule has 1 unspecified atom stereocenters. The van der Waals surface area contributed by atoms with Gasteiger partial charge in [-0.3, -0.25) is 4.79 Å². The zero-order valence-electron chi connectivity index (χ0n) is 11.0. The molecule has 1 rings (SSSR count). The minimum atomic E-state index is -0.319. The van der Waals surface area contributed by atoms with Crippen LogP contribution in [-0.2, 0) is 16.0 Å². The molecule has 0 aliphatic rings. The van der Waals surface area contributed by atoms with Crippen molar-refractivity contribution in [3.05, 3.63) is 35.4 Å². The van der Waals surface area contributed by atoms with E-state index in [0.29, 0.717) is 19.4 Å². The van der Waals surface area contributed by atoms with E-state index >= 15 is 0 Å². The molecule has 0 saturated heterocycles. The van der Waals surface area contributed by atoms with Gasteiger partial charge in [0.1, 0.15) is 0 Å². The van der Waals surface area contributed by atoms with Gasteiger partial charge >= 0.3 is 0 Å². The van der Waals surface area contributed by atoms with E-state index < -0.39 is 0 Å². The summed E-state index contributed by atoms with van der Waals surface area (Å²) in [6, 6.07) is 7.79. The predicted molar refractivity (Wildman–Crippen MR) is 70.4 cm³/mol. The minimum Gasteiger partial charge on any atom is -0.394 e. The van der Waals surface area contributed by atoms with Crippen molar-refractivity contribution in [1.82, 2.24) is 5.32 Å². The first-order valence-electron chi connectivity index (χ1n) is 6.10. The maximum absolute atomic E-state index is 11.7. The van der Waals surface area contributed by atoms with E-state index in [1.54, 1.807) is 7.11 Å². The summed E-state index contributed by atoms with van der Waals surface area (Å²) < 4.78 is 4.90. The van der Waals surface area contributed by atoms with Crippen molar-refractivity contribution in [3.8, 4) is 0 Å². The van der Waals surface area contributed by atoms with Crippen LogP contribution in [0.25, 0.3) is 0 Å². The lowest BCUT2D eigenvalue weighted by Crippen LogP contribution is -2.40. The lowest BCUT2D eigenvalue weighted by Gasteiger charge is -2.15. The summed E-state index contributed by atoms with van der Waals surface area (Å²) in [7, 11) is 1.54. The molecule has 0 radical (unpaired) electrons. The van der Waals surface area contributed by atoms with Crippen molar-refractivity contribution in [3.63, 3.8) is 0 Å². The SMILES string of the molecule is COCC(CO)NC(=O)CCc1cccc(C)c1. The van der Waals surface area contributed by atoms with Crippen molar-refractivity contribution in [2.75, 3.05) is 20.3 Å². The van der Waals surface area contributed by atoms with Crippen molar-refractivity contribution in [2.45, 2.75) is 25.8 Å². The fourth-order valence-electron chi connectivity index (χ4n) is 1.77. The monoisotopic (exact) mass is 251 g/mol. The second-order valence-corrected chi connectivity index (χ2v) is 4.39. The number of aliphatic hydroxyl groups is 1. The number of carbonyl (C=O) groups is 1. The Hall–Kier alpha value is -1.39. The van der Waals surface area contributed by atoms with E-state index in [9.17, 15) is 4.79 Å². The second-order valence-electron chi connectivity index (χ2n) is 4.39. The standard InChI is InChI=1S/C14H21NO3/c1-11-4-3-5-12(8-11)6-7-14(17)15-13(9-16)10-18-2/h3-5,8,13,16H,6-7,9-10H2,1-2H3,(H,15,17). The van der Waals surface area contributed by atoms with E-state index in [-0.39, 0.29) is 18.6 Å². The number of benzene rings is 1. The molecule has 1 aromatic rings. The molecule has 2 N–H and O–H groups in total. The van der Waals surface area contributed by atoms with Gasteiger partial charge in [-0.2, -0.15) is 0 Å². The number of aryl methyl sites for hydroxylation is 2. The number of ether oxygens (including phenoxy) is 1. The van der Waals surface area contributed by atoms with Gasteiger partial charge in [-0.25, -0.2) is 0 Å². The van der Waals surface area contributed by atoms with E-state index in [2.05, 4.69) is 11.4 Å². The Labute approximate surface area is 108 Å². The third kappa shape index (κ3) is 5.29. The quantitative estimate of drug-likeness (QED) is 0.761. The molecule has 0 heterocycles. The number of rotatable bonds is 7. The van der Waals surface area contributed by atoms with Crippen LogP contribution in [0.4, 0.5) is 0 Å². The van der Waals surface area contributed by atoms with Gasteiger partial charge in [0.05, 0.1) is 19.3 Å². The molecule has 1 aromatic carbocycles. The van der Waals surface area contributed by atoms with Gasteiger partial charge in [0, 0.05) is 13.5 Å². The molecule has 0 saturated carbocycles. The summed E-state index contributed by atoms with van der Waals surface area (Å²) in [6.45, 7) is 2.25. The van der Waals surface area contributed by atoms with Crippen LogP contribution in [0.3, 0.4) is 0 Å². The molecule has 0 aromatic heterocycles. The van der Waals surface area contributed by atoms with Crippen LogP contribution in [0.2, 0.25) is 0 Å². The Morgan fingerprint density at radius 3 is 2.89 bits per heavy atom. The van der Waals surface area contributed by atoms with E-state index in [0.717, 1.165) is 5.56 Å². The van der Waals surface area contributed by atoms with Crippen molar-refractivity contribution in [2.24, 2.45) is 0 Å². The van der Waals surface area contributed by atoms with Crippen LogP contribution in [0.15, 0.2) is 24.3 Å². The highest BCUT2D eigenvalue weighted by Gasteiger charge is 2.10. The Morgan fingerprint density at radius 1 is 1.50 bits per heavy atom. The Morgan fingerprint density at radius 2 is 2.28 bits per heavy atom. The Kier molecular flexibility index (Phi) is 6.39. The third-order valence-electron chi connectivity index (χ3n) is 2.68. The average molecular weight is 251 g/mol. The van der Waals surface area contributed by atoms with Crippen LogP contribution in [0.5, 0.6) is 0 Å². The number of methoxy groups -OCH3 is 1. The summed E-state index contributed by atoms with van der Waals surface area (Å²) in [6.07, 6.45) is 1.13. The number of carbonyl (C=O) groups excluding carboxylic acids is 1. The zero-order valence-corrected chi connectivity index (χ0v) is 11.0. The zero-order chi connectivity index (χ0) is 13.4. The molecule has 0 aliphatic heterocycles. The molecule has 4 heteroatoms. The maximum Gasteiger partial charge on any atom is 0.220 e. The van der Waals surface area contributed by atoms with Gasteiger partial charge in [0.15, 0.2) is 0 Å². The molecule has 1 amide bonds. The molecule has 0 bridgehead atoms. The summed E-state index contributed by atoms with van der Waals surface area (Å²) in [4.78, 5) is 11.7. The Bertz CT molecular complexity index is 379. The van der Waals surface area contributed by atoms with E-state index in [1.165, 1.54) is 5.56 Å². The van der Waals surface area contributed by atoms with Crippen LogP contribution >= 0.6 is 0 Å². The highest BCUT2D eigenvalue weighted by Crippen LogP contribution is 2.06. The summed E-state index contributed by atoms with van der Waals surface area (Å²) in [5.74, 6) is -0.0624. The highest BCUT2D eigenvalue weighted by atomic mass is 16.5. The molecule has 4 nitrogen and oxygen atoms in total. The van der Waals surface area contributed by atoms with Crippen LogP contribution in [0.1, 0.15) is 17.5 Å². The number of nitrogens with one attached hydrogen (secondary N) is 1. The second kappa shape index (κ2) is 7.84. The molecule has 0 fully saturated rings. The van der Waals surface area contributed by atoms with Gasteiger partial charge in [0.2, 0.25) is 5.91 Å². The van der Waals surface area contributed by atoms with Gasteiger partial charge in [0.25, 0.3) is 0 Å². The van der Waals surface area contributed by atoms with Crippen LogP contribution in [0, 0.1) is 6.92 Å². The fourth-order valence-corrected chi connectivity index (χ4v) is 1.77. The Balaban J connectivity index is 2.36. The minimum absolute atomic E-state index is 0.0624. The van der Waals surface area contributed by atoms with Crippen molar-refractivity contribution in [1.29, 1.82) is 0 Å². The average Bonchev–Trinajstić information content (AvgIpc) is 2.36. The fraction of sp³-hybridized carbons (Fsp3) is 0.500. The number of aliphatic hydroxyl groups excluding tert-OH is 1. The molecule has 0 aliphatic carbocycles. The highest BCUT2D eigenvalue weighted by molar-refractivity contribution is 5.76. The van der Waals surface area contributed by atoms with Crippen LogP contribution < -0.4 is 5.32 Å². The van der Waals surface area contributed by atoms with Crippen molar-refractivity contribution >= 4 is 5.91 Å². The molecular weight excluding hydrogens is 230 g/mol. The largest absolute Gasteiger partial charge is 0.394 e. The number of hydrogen-bond donors (Lipinski definition) is 2. The molecular formula is C14H21NO3. The maximum atomic E-state index is 11.7. The first kappa shape index (κ1) is 14.7. The lowest BCUT2D eigenvalue weighted by atomic mass is 10.1. The van der Waals surface area contributed by atoms with Crippen LogP contribution in [-0.4, -0.2) is 37.4 Å². The predicted octanol–water partition coefficient (Wildman–Crippen LogP) is 1.05. The van der Waals surface area contributed by atoms with E-state index in [1.807, 2.05) is 25.1 Å². The summed E-state index contributed by atoms with van der Waals surface area (Å²) in [5, 5.41) is 11.8. The number of amides is 1. The first-order chi connectivity index (χ1) is 8.65. The lowest BCUT2D eigenvalue weighted by molar-refractivity contribution is -0.122. The van der Waals surface area contributed by atoms with Gasteiger partial charge < -0.3 is 15.2 Å². The van der Waals surface area contributed by atoms with Crippen molar-refractivity contribution < 1.29 is 14.6 Å².